The van der Waals surface area contributed by atoms with Crippen molar-refractivity contribution in [3.8, 4) is 0 Å². The topological polar surface area (TPSA) is 50.4 Å². The summed E-state index contributed by atoms with van der Waals surface area (Å²) in [6.07, 6.45) is 1.22. The predicted octanol–water partition coefficient (Wildman–Crippen LogP) is 2.02. The first-order chi connectivity index (χ1) is 9.46. The van der Waals surface area contributed by atoms with Gasteiger partial charge in [0.15, 0.2) is 0 Å². The fraction of sp³-hybridized carbons (Fsp3) is 0.923. The molecular formula is C13H22ClF3N2O2. The Labute approximate surface area is 128 Å². The van der Waals surface area contributed by atoms with Crippen molar-refractivity contribution < 1.29 is 22.7 Å². The van der Waals surface area contributed by atoms with E-state index in [-0.39, 0.29) is 37.5 Å². The third kappa shape index (κ3) is 6.00. The molecule has 1 saturated heterocycles. The molecule has 0 aromatic carbocycles. The Morgan fingerprint density at radius 3 is 2.67 bits per heavy atom. The van der Waals surface area contributed by atoms with E-state index in [1.165, 1.54) is 12.8 Å². The molecule has 4 nitrogen and oxygen atoms in total. The van der Waals surface area contributed by atoms with Gasteiger partial charge in [-0.3, -0.25) is 4.79 Å². The van der Waals surface area contributed by atoms with Crippen molar-refractivity contribution in [3.63, 3.8) is 0 Å². The second-order valence-corrected chi connectivity index (χ2v) is 5.56. The molecule has 2 N–H and O–H groups in total. The molecule has 0 spiro atoms. The zero-order chi connectivity index (χ0) is 14.6. The number of rotatable bonds is 5. The average molecular weight is 331 g/mol. The van der Waals surface area contributed by atoms with E-state index < -0.39 is 12.8 Å². The molecule has 0 aromatic rings. The van der Waals surface area contributed by atoms with Gasteiger partial charge in [0.1, 0.15) is 6.61 Å². The Hall–Kier alpha value is -0.530. The summed E-state index contributed by atoms with van der Waals surface area (Å²) in [6.45, 7) is -1.28. The van der Waals surface area contributed by atoms with Crippen LogP contribution in [0.15, 0.2) is 0 Å². The smallest absolute Gasteiger partial charge is 0.370 e. The Bertz CT molecular complexity index is 328. The fourth-order valence-electron chi connectivity index (χ4n) is 3.08. The molecule has 1 heterocycles. The minimum absolute atomic E-state index is 0. The number of hydrogen-bond donors (Lipinski definition) is 2. The monoisotopic (exact) mass is 330 g/mol. The number of alkyl halides is 3. The molecule has 1 amide bonds. The summed E-state index contributed by atoms with van der Waals surface area (Å²) in [4.78, 5) is 11.9. The number of carbonyl (C=O) groups is 1. The Balaban J connectivity index is 0.00000220. The second-order valence-electron chi connectivity index (χ2n) is 5.56. The van der Waals surface area contributed by atoms with Crippen LogP contribution in [-0.2, 0) is 9.53 Å². The first-order valence-electron chi connectivity index (χ1n) is 7.14. The molecule has 2 rings (SSSR count). The molecule has 21 heavy (non-hydrogen) atoms. The third-order valence-corrected chi connectivity index (χ3v) is 3.99. The fourth-order valence-corrected chi connectivity index (χ4v) is 3.08. The zero-order valence-electron chi connectivity index (χ0n) is 11.7. The van der Waals surface area contributed by atoms with Crippen LogP contribution in [0.1, 0.15) is 32.1 Å². The van der Waals surface area contributed by atoms with E-state index in [1.54, 1.807) is 0 Å². The molecule has 1 aliphatic carbocycles. The zero-order valence-corrected chi connectivity index (χ0v) is 12.6. The van der Waals surface area contributed by atoms with Crippen LogP contribution >= 0.6 is 12.4 Å². The number of carbonyl (C=O) groups excluding carboxylic acids is 1. The van der Waals surface area contributed by atoms with Crippen LogP contribution in [0.4, 0.5) is 13.2 Å². The number of ether oxygens (including phenoxy) is 1. The molecule has 3 unspecified atom stereocenters. The maximum absolute atomic E-state index is 11.9. The van der Waals surface area contributed by atoms with Gasteiger partial charge in [-0.15, -0.1) is 12.4 Å². The first-order valence-corrected chi connectivity index (χ1v) is 7.14. The quantitative estimate of drug-likeness (QED) is 0.758. The normalized spacial score (nSPS) is 28.6. The highest BCUT2D eigenvalue weighted by Gasteiger charge is 2.38. The van der Waals surface area contributed by atoms with E-state index in [4.69, 9.17) is 0 Å². The van der Waals surface area contributed by atoms with Crippen LogP contribution in [-0.4, -0.2) is 43.9 Å². The summed E-state index contributed by atoms with van der Waals surface area (Å²) < 4.78 is 39.9. The van der Waals surface area contributed by atoms with Gasteiger partial charge >= 0.3 is 6.18 Å². The lowest BCUT2D eigenvalue weighted by Crippen LogP contribution is -2.44. The summed E-state index contributed by atoms with van der Waals surface area (Å²) in [5, 5.41) is 5.95. The summed E-state index contributed by atoms with van der Waals surface area (Å²) in [5.41, 5.74) is 0. The predicted molar refractivity (Wildman–Crippen MR) is 74.4 cm³/mol. The number of nitrogens with one attached hydrogen (secondary N) is 2. The third-order valence-electron chi connectivity index (χ3n) is 3.99. The molecule has 2 aliphatic rings. The van der Waals surface area contributed by atoms with Crippen molar-refractivity contribution in [2.24, 2.45) is 5.92 Å². The van der Waals surface area contributed by atoms with Crippen molar-refractivity contribution in [2.75, 3.05) is 19.8 Å². The Morgan fingerprint density at radius 2 is 2.00 bits per heavy atom. The SMILES string of the molecule is Cl.O=C(NCCOCC(F)(F)F)C1CC2CCCCC2N1. The standard InChI is InChI=1S/C13H21F3N2O2.ClH/c14-13(15,16)8-20-6-5-17-12(19)11-7-9-3-1-2-4-10(9)18-11;/h9-11,18H,1-8H2,(H,17,19);1H. The van der Waals surface area contributed by atoms with Crippen LogP contribution in [0, 0.1) is 5.92 Å². The van der Waals surface area contributed by atoms with E-state index in [0.29, 0.717) is 12.0 Å². The Morgan fingerprint density at radius 1 is 1.29 bits per heavy atom. The van der Waals surface area contributed by atoms with Crippen molar-refractivity contribution in [1.82, 2.24) is 10.6 Å². The van der Waals surface area contributed by atoms with Gasteiger partial charge in [0.25, 0.3) is 0 Å². The van der Waals surface area contributed by atoms with Crippen molar-refractivity contribution >= 4 is 18.3 Å². The van der Waals surface area contributed by atoms with Crippen molar-refractivity contribution in [1.29, 1.82) is 0 Å². The van der Waals surface area contributed by atoms with Gasteiger partial charge in [0.05, 0.1) is 12.6 Å². The summed E-state index contributed by atoms with van der Waals surface area (Å²) in [5.74, 6) is 0.441. The molecule has 0 bridgehead atoms. The molecule has 2 fully saturated rings. The summed E-state index contributed by atoms with van der Waals surface area (Å²) in [6, 6.07) is 0.228. The van der Waals surface area contributed by atoms with E-state index in [2.05, 4.69) is 15.4 Å². The molecule has 124 valence electrons. The lowest BCUT2D eigenvalue weighted by atomic mass is 9.85. The van der Waals surface area contributed by atoms with Crippen molar-refractivity contribution in [3.05, 3.63) is 0 Å². The maximum atomic E-state index is 11.9. The highest BCUT2D eigenvalue weighted by atomic mass is 35.5. The van der Waals surface area contributed by atoms with E-state index in [0.717, 1.165) is 19.3 Å². The molecule has 0 radical (unpaired) electrons. The van der Waals surface area contributed by atoms with Crippen LogP contribution in [0.5, 0.6) is 0 Å². The first kappa shape index (κ1) is 18.5. The van der Waals surface area contributed by atoms with Gasteiger partial charge in [-0.25, -0.2) is 0 Å². The van der Waals surface area contributed by atoms with E-state index >= 15 is 0 Å². The molecule has 0 aromatic heterocycles. The molecular weight excluding hydrogens is 309 g/mol. The number of halogens is 4. The number of hydrogen-bond acceptors (Lipinski definition) is 3. The number of amides is 1. The summed E-state index contributed by atoms with van der Waals surface area (Å²) >= 11 is 0. The van der Waals surface area contributed by atoms with Gasteiger partial charge in [0, 0.05) is 12.6 Å². The van der Waals surface area contributed by atoms with Gasteiger partial charge in [-0.05, 0) is 25.2 Å². The maximum Gasteiger partial charge on any atom is 0.411 e. The van der Waals surface area contributed by atoms with Gasteiger partial charge in [-0.2, -0.15) is 13.2 Å². The molecule has 8 heteroatoms. The van der Waals surface area contributed by atoms with Gasteiger partial charge < -0.3 is 15.4 Å². The van der Waals surface area contributed by atoms with Crippen LogP contribution in [0.3, 0.4) is 0 Å². The average Bonchev–Trinajstić information content (AvgIpc) is 2.80. The molecule has 3 atom stereocenters. The lowest BCUT2D eigenvalue weighted by Gasteiger charge is -2.24. The second kappa shape index (κ2) is 8.19. The molecule has 1 saturated carbocycles. The van der Waals surface area contributed by atoms with Gasteiger partial charge in [-0.1, -0.05) is 12.8 Å². The summed E-state index contributed by atoms with van der Waals surface area (Å²) in [7, 11) is 0. The van der Waals surface area contributed by atoms with Gasteiger partial charge in [0.2, 0.25) is 5.91 Å². The Kier molecular flexibility index (Phi) is 7.23. The largest absolute Gasteiger partial charge is 0.411 e. The minimum atomic E-state index is -4.31. The van der Waals surface area contributed by atoms with Crippen molar-refractivity contribution in [2.45, 2.75) is 50.4 Å². The van der Waals surface area contributed by atoms with E-state index in [9.17, 15) is 18.0 Å². The number of fused-ring (bicyclic) bond motifs is 1. The highest BCUT2D eigenvalue weighted by molar-refractivity contribution is 5.85. The van der Waals surface area contributed by atoms with E-state index in [1.807, 2.05) is 0 Å². The minimum Gasteiger partial charge on any atom is -0.370 e. The lowest BCUT2D eigenvalue weighted by molar-refractivity contribution is -0.173. The highest BCUT2D eigenvalue weighted by Crippen LogP contribution is 2.33. The van der Waals surface area contributed by atoms with Crippen LogP contribution < -0.4 is 10.6 Å². The van der Waals surface area contributed by atoms with Crippen LogP contribution in [0.2, 0.25) is 0 Å². The van der Waals surface area contributed by atoms with Crippen LogP contribution in [0.25, 0.3) is 0 Å². The molecule has 1 aliphatic heterocycles.